The first-order valence-corrected chi connectivity index (χ1v) is 12.9. The second-order valence-corrected chi connectivity index (χ2v) is 10.7. The van der Waals surface area contributed by atoms with Crippen LogP contribution in [0.1, 0.15) is 29.7 Å². The van der Waals surface area contributed by atoms with Gasteiger partial charge in [-0.25, -0.2) is 9.37 Å². The summed E-state index contributed by atoms with van der Waals surface area (Å²) < 4.78 is 20.1. The first-order chi connectivity index (χ1) is 17.7. The predicted octanol–water partition coefficient (Wildman–Crippen LogP) is 6.69. The highest BCUT2D eigenvalue weighted by atomic mass is 35.5. The lowest BCUT2D eigenvalue weighted by atomic mass is 9.94. The summed E-state index contributed by atoms with van der Waals surface area (Å²) >= 11 is 13.5. The van der Waals surface area contributed by atoms with Gasteiger partial charge in [-0.15, -0.1) is 0 Å². The SMILES string of the molecule is C[C@@H]1Cc2cc(/C(O)=C3\C(=O)C(=O)N(c4nc5ccc(F)cc5s4)[C@@H]3c3ccc(Cl)c(Cl)c3)ccc2O1. The van der Waals surface area contributed by atoms with Crippen LogP contribution in [-0.4, -0.2) is 27.9 Å². The molecule has 0 spiro atoms. The fourth-order valence-corrected chi connectivity index (χ4v) is 6.07. The maximum Gasteiger partial charge on any atom is 0.301 e. The summed E-state index contributed by atoms with van der Waals surface area (Å²) in [6.45, 7) is 1.94. The Kier molecular flexibility index (Phi) is 5.71. The summed E-state index contributed by atoms with van der Waals surface area (Å²) in [5, 5.41) is 12.1. The molecule has 1 saturated heterocycles. The van der Waals surface area contributed by atoms with Crippen LogP contribution in [-0.2, 0) is 16.0 Å². The van der Waals surface area contributed by atoms with Gasteiger partial charge in [0.25, 0.3) is 5.78 Å². The maximum absolute atomic E-state index is 13.8. The van der Waals surface area contributed by atoms with Crippen molar-refractivity contribution in [3.8, 4) is 5.75 Å². The van der Waals surface area contributed by atoms with Gasteiger partial charge in [-0.05, 0) is 66.6 Å². The third-order valence-corrected chi connectivity index (χ3v) is 8.18. The average Bonchev–Trinajstić information content (AvgIpc) is 3.52. The Morgan fingerprint density at radius 1 is 1.11 bits per heavy atom. The molecule has 186 valence electrons. The number of thiazole rings is 1. The number of Topliss-reactive ketones (excluding diaryl/α,β-unsaturated/α-hetero) is 1. The van der Waals surface area contributed by atoms with Crippen LogP contribution in [0.15, 0.2) is 60.2 Å². The highest BCUT2D eigenvalue weighted by Crippen LogP contribution is 2.45. The van der Waals surface area contributed by atoms with E-state index in [4.69, 9.17) is 27.9 Å². The number of aromatic nitrogens is 1. The molecule has 1 aromatic heterocycles. The van der Waals surface area contributed by atoms with E-state index in [-0.39, 0.29) is 27.6 Å². The Hall–Kier alpha value is -3.46. The molecule has 0 unspecified atom stereocenters. The van der Waals surface area contributed by atoms with Gasteiger partial charge in [0.05, 0.1) is 31.9 Å². The van der Waals surface area contributed by atoms with Gasteiger partial charge in [-0.2, -0.15) is 0 Å². The van der Waals surface area contributed by atoms with E-state index in [9.17, 15) is 19.1 Å². The topological polar surface area (TPSA) is 79.7 Å². The molecular formula is C27H17Cl2FN2O4S. The molecule has 2 atom stereocenters. The smallest absolute Gasteiger partial charge is 0.301 e. The van der Waals surface area contributed by atoms with E-state index in [1.165, 1.54) is 23.1 Å². The third kappa shape index (κ3) is 3.96. The first kappa shape index (κ1) is 23.9. The number of hydrogen-bond acceptors (Lipinski definition) is 6. The van der Waals surface area contributed by atoms with Crippen LogP contribution in [0.2, 0.25) is 10.0 Å². The number of carbonyl (C=O) groups is 2. The van der Waals surface area contributed by atoms with Gasteiger partial charge < -0.3 is 9.84 Å². The lowest BCUT2D eigenvalue weighted by molar-refractivity contribution is -0.132. The van der Waals surface area contributed by atoms with Crippen LogP contribution in [0.25, 0.3) is 16.0 Å². The van der Waals surface area contributed by atoms with Crippen molar-refractivity contribution in [1.82, 2.24) is 4.98 Å². The van der Waals surface area contributed by atoms with Crippen LogP contribution in [0.5, 0.6) is 5.75 Å². The van der Waals surface area contributed by atoms with Crippen molar-refractivity contribution in [3.05, 3.63) is 92.7 Å². The van der Waals surface area contributed by atoms with E-state index >= 15 is 0 Å². The van der Waals surface area contributed by atoms with Crippen molar-refractivity contribution < 1.29 is 23.8 Å². The number of hydrogen-bond donors (Lipinski definition) is 1. The second-order valence-electron chi connectivity index (χ2n) is 8.91. The summed E-state index contributed by atoms with van der Waals surface area (Å²) in [7, 11) is 0. The van der Waals surface area contributed by atoms with Gasteiger partial charge in [0, 0.05) is 12.0 Å². The summed E-state index contributed by atoms with van der Waals surface area (Å²) in [6, 6.07) is 12.9. The molecule has 0 bridgehead atoms. The number of rotatable bonds is 3. The van der Waals surface area contributed by atoms with Gasteiger partial charge in [0.2, 0.25) is 0 Å². The monoisotopic (exact) mass is 554 g/mol. The van der Waals surface area contributed by atoms with Crippen LogP contribution in [0, 0.1) is 5.82 Å². The molecule has 3 heterocycles. The van der Waals surface area contributed by atoms with Crippen molar-refractivity contribution in [2.24, 2.45) is 0 Å². The molecule has 1 fully saturated rings. The summed E-state index contributed by atoms with van der Waals surface area (Å²) in [6.07, 6.45) is 0.654. The Bertz CT molecular complexity index is 1670. The Labute approximate surface area is 224 Å². The van der Waals surface area contributed by atoms with Gasteiger partial charge in [0.15, 0.2) is 5.13 Å². The Morgan fingerprint density at radius 3 is 2.70 bits per heavy atom. The number of amides is 1. The highest BCUT2D eigenvalue weighted by Gasteiger charge is 2.48. The largest absolute Gasteiger partial charge is 0.507 e. The molecule has 3 aromatic carbocycles. The minimum atomic E-state index is -1.04. The molecule has 2 aliphatic rings. The number of benzene rings is 3. The zero-order chi connectivity index (χ0) is 26.0. The summed E-state index contributed by atoms with van der Waals surface area (Å²) in [5.41, 5.74) is 2.10. The number of aliphatic hydroxyl groups excluding tert-OH is 1. The molecule has 1 N–H and O–H groups in total. The van der Waals surface area contributed by atoms with Crippen LogP contribution in [0.4, 0.5) is 9.52 Å². The molecular weight excluding hydrogens is 538 g/mol. The number of nitrogens with zero attached hydrogens (tertiary/aromatic N) is 2. The van der Waals surface area contributed by atoms with E-state index in [1.807, 2.05) is 6.92 Å². The van der Waals surface area contributed by atoms with Crippen LogP contribution in [0.3, 0.4) is 0 Å². The van der Waals surface area contributed by atoms with Gasteiger partial charge in [0.1, 0.15) is 23.4 Å². The Morgan fingerprint density at radius 2 is 1.92 bits per heavy atom. The number of halogens is 3. The van der Waals surface area contributed by atoms with E-state index in [0.717, 1.165) is 16.9 Å². The van der Waals surface area contributed by atoms with Gasteiger partial charge in [-0.3, -0.25) is 14.5 Å². The van der Waals surface area contributed by atoms with Gasteiger partial charge >= 0.3 is 5.91 Å². The number of anilines is 1. The quantitative estimate of drug-likeness (QED) is 0.173. The molecule has 1 amide bonds. The molecule has 0 radical (unpaired) electrons. The molecule has 6 nitrogen and oxygen atoms in total. The van der Waals surface area contributed by atoms with E-state index in [2.05, 4.69) is 4.98 Å². The molecule has 4 aromatic rings. The minimum Gasteiger partial charge on any atom is -0.507 e. The normalized spacial score (nSPS) is 20.5. The van der Waals surface area contributed by atoms with Crippen molar-refractivity contribution in [1.29, 1.82) is 0 Å². The van der Waals surface area contributed by atoms with E-state index in [1.54, 1.807) is 36.4 Å². The van der Waals surface area contributed by atoms with Gasteiger partial charge in [-0.1, -0.05) is 40.6 Å². The molecule has 37 heavy (non-hydrogen) atoms. The zero-order valence-electron chi connectivity index (χ0n) is 19.2. The molecule has 6 rings (SSSR count). The number of carbonyl (C=O) groups excluding carboxylic acids is 2. The number of ketones is 1. The summed E-state index contributed by atoms with van der Waals surface area (Å²) in [5.74, 6) is -1.79. The third-order valence-electron chi connectivity index (χ3n) is 6.42. The van der Waals surface area contributed by atoms with Crippen molar-refractivity contribution in [3.63, 3.8) is 0 Å². The average molecular weight is 555 g/mol. The number of ether oxygens (including phenoxy) is 1. The number of fused-ring (bicyclic) bond motifs is 2. The van der Waals surface area contributed by atoms with E-state index < -0.39 is 23.5 Å². The molecule has 0 saturated carbocycles. The zero-order valence-corrected chi connectivity index (χ0v) is 21.5. The summed E-state index contributed by atoms with van der Waals surface area (Å²) in [4.78, 5) is 32.5. The fraction of sp³-hybridized carbons (Fsp3) is 0.148. The highest BCUT2D eigenvalue weighted by molar-refractivity contribution is 7.22. The van der Waals surface area contributed by atoms with Crippen molar-refractivity contribution in [2.75, 3.05) is 4.90 Å². The predicted molar refractivity (Wildman–Crippen MR) is 141 cm³/mol. The standard InChI is InChI=1S/C27H17Cl2FN2O4S/c1-12-8-15-9-14(3-7-20(15)36-12)24(33)22-23(13-2-5-17(28)18(29)10-13)32(26(35)25(22)34)27-31-19-6-4-16(30)11-21(19)37-27/h2-7,9-12,23,33H,8H2,1H3/b24-22+/t12-,23-/m1/s1. The van der Waals surface area contributed by atoms with Crippen LogP contribution >= 0.6 is 34.5 Å². The fourth-order valence-electron chi connectivity index (χ4n) is 4.74. The minimum absolute atomic E-state index is 0.00180. The van der Waals surface area contributed by atoms with Crippen LogP contribution < -0.4 is 9.64 Å². The Balaban J connectivity index is 1.55. The second kappa shape index (κ2) is 8.83. The number of aliphatic hydroxyl groups is 1. The van der Waals surface area contributed by atoms with E-state index in [0.29, 0.717) is 38.5 Å². The first-order valence-electron chi connectivity index (χ1n) is 11.3. The maximum atomic E-state index is 13.8. The van der Waals surface area contributed by atoms with Crippen molar-refractivity contribution in [2.45, 2.75) is 25.5 Å². The molecule has 0 aliphatic carbocycles. The van der Waals surface area contributed by atoms with Crippen molar-refractivity contribution >= 4 is 67.3 Å². The molecule has 10 heteroatoms. The molecule has 2 aliphatic heterocycles. The lowest BCUT2D eigenvalue weighted by Crippen LogP contribution is -2.29. The lowest BCUT2D eigenvalue weighted by Gasteiger charge is -2.23.